The number of carbonyl (C=O) groups excluding carboxylic acids is 2. The highest BCUT2D eigenvalue weighted by atomic mass is 32.1. The smallest absolute Gasteiger partial charge is 0.410 e. The molecule has 7 nitrogen and oxygen atoms in total. The SMILES string of the molecule is CCOC(=O)N1CCc2c(sc(/N=C/c3cccc(F)c3)c2C(=O)Nc2ccccc2OC)C1. The third-order valence-electron chi connectivity index (χ3n) is 5.33. The number of fused-ring (bicyclic) bond motifs is 1. The normalized spacial score (nSPS) is 13.0. The van der Waals surface area contributed by atoms with Gasteiger partial charge < -0.3 is 19.7 Å². The van der Waals surface area contributed by atoms with Crippen LogP contribution in [0.5, 0.6) is 5.75 Å². The van der Waals surface area contributed by atoms with Crippen LogP contribution < -0.4 is 10.1 Å². The highest BCUT2D eigenvalue weighted by Crippen LogP contribution is 2.40. The minimum absolute atomic E-state index is 0.294. The summed E-state index contributed by atoms with van der Waals surface area (Å²) in [5.41, 5.74) is 2.42. The number of hydrogen-bond donors (Lipinski definition) is 1. The van der Waals surface area contributed by atoms with Gasteiger partial charge >= 0.3 is 6.09 Å². The first kappa shape index (κ1) is 23.4. The van der Waals surface area contributed by atoms with Gasteiger partial charge in [0, 0.05) is 17.6 Å². The van der Waals surface area contributed by atoms with Crippen LogP contribution in [0.3, 0.4) is 0 Å². The molecule has 0 saturated carbocycles. The van der Waals surface area contributed by atoms with Crippen molar-refractivity contribution < 1.29 is 23.5 Å². The molecule has 4 rings (SSSR count). The van der Waals surface area contributed by atoms with Gasteiger partial charge in [-0.25, -0.2) is 14.2 Å². The molecule has 1 aromatic heterocycles. The molecule has 1 aliphatic rings. The molecule has 0 saturated heterocycles. The number of ether oxygens (including phenoxy) is 2. The fraction of sp³-hybridized carbons (Fsp3) is 0.240. The van der Waals surface area contributed by atoms with Gasteiger partial charge in [-0.2, -0.15) is 0 Å². The predicted molar refractivity (Wildman–Crippen MR) is 130 cm³/mol. The Bertz CT molecular complexity index is 1240. The highest BCUT2D eigenvalue weighted by Gasteiger charge is 2.30. The number of aliphatic imine (C=N–C) groups is 1. The van der Waals surface area contributed by atoms with E-state index in [-0.39, 0.29) is 17.8 Å². The van der Waals surface area contributed by atoms with Crippen molar-refractivity contribution in [3.63, 3.8) is 0 Å². The summed E-state index contributed by atoms with van der Waals surface area (Å²) in [5.74, 6) is -0.148. The Morgan fingerprint density at radius 3 is 2.82 bits per heavy atom. The first-order valence-electron chi connectivity index (χ1n) is 10.8. The van der Waals surface area contributed by atoms with E-state index in [0.717, 1.165) is 10.4 Å². The second-order valence-electron chi connectivity index (χ2n) is 7.52. The topological polar surface area (TPSA) is 80.2 Å². The number of halogens is 1. The van der Waals surface area contributed by atoms with Gasteiger partial charge in [0.05, 0.1) is 31.5 Å². The van der Waals surface area contributed by atoms with Crippen molar-refractivity contribution in [2.75, 3.05) is 25.6 Å². The number of thiophene rings is 1. The van der Waals surface area contributed by atoms with Gasteiger partial charge in [0.25, 0.3) is 5.91 Å². The zero-order valence-electron chi connectivity index (χ0n) is 18.8. The zero-order chi connectivity index (χ0) is 24.1. The molecule has 0 atom stereocenters. The molecule has 0 spiro atoms. The molecule has 34 heavy (non-hydrogen) atoms. The Morgan fingerprint density at radius 2 is 2.06 bits per heavy atom. The molecule has 3 aromatic rings. The molecule has 176 valence electrons. The lowest BCUT2D eigenvalue weighted by Gasteiger charge is -2.26. The fourth-order valence-electron chi connectivity index (χ4n) is 3.74. The summed E-state index contributed by atoms with van der Waals surface area (Å²) in [5, 5.41) is 3.41. The number of carbonyl (C=O) groups is 2. The van der Waals surface area contributed by atoms with E-state index >= 15 is 0 Å². The number of para-hydroxylation sites is 2. The summed E-state index contributed by atoms with van der Waals surface area (Å²) in [6, 6.07) is 13.2. The van der Waals surface area contributed by atoms with E-state index < -0.39 is 0 Å². The summed E-state index contributed by atoms with van der Waals surface area (Å²) in [6.07, 6.45) is 1.64. The van der Waals surface area contributed by atoms with Gasteiger partial charge in [-0.05, 0) is 48.7 Å². The lowest BCUT2D eigenvalue weighted by molar-refractivity contribution is 0.102. The summed E-state index contributed by atoms with van der Waals surface area (Å²) < 4.78 is 24.1. The molecule has 2 amide bonds. The summed E-state index contributed by atoms with van der Waals surface area (Å²) in [4.78, 5) is 32.7. The van der Waals surface area contributed by atoms with Gasteiger partial charge in [0.15, 0.2) is 0 Å². The Morgan fingerprint density at radius 1 is 1.24 bits per heavy atom. The van der Waals surface area contributed by atoms with Crippen molar-refractivity contribution in [2.45, 2.75) is 19.9 Å². The van der Waals surface area contributed by atoms with Crippen LogP contribution in [0.25, 0.3) is 0 Å². The molecule has 0 radical (unpaired) electrons. The van der Waals surface area contributed by atoms with E-state index in [1.54, 1.807) is 42.2 Å². The molecule has 2 heterocycles. The van der Waals surface area contributed by atoms with E-state index in [0.29, 0.717) is 53.7 Å². The average Bonchev–Trinajstić information content (AvgIpc) is 3.21. The number of nitrogens with zero attached hydrogens (tertiary/aromatic N) is 2. The molecular formula is C25H24FN3O4S. The number of nitrogens with one attached hydrogen (secondary N) is 1. The maximum absolute atomic E-state index is 13.6. The largest absolute Gasteiger partial charge is 0.495 e. The van der Waals surface area contributed by atoms with Gasteiger partial charge in [-0.1, -0.05) is 24.3 Å². The quantitative estimate of drug-likeness (QED) is 0.477. The zero-order valence-corrected chi connectivity index (χ0v) is 19.7. The van der Waals surface area contributed by atoms with E-state index in [9.17, 15) is 14.0 Å². The van der Waals surface area contributed by atoms with Crippen molar-refractivity contribution in [3.05, 3.63) is 75.9 Å². The summed E-state index contributed by atoms with van der Waals surface area (Å²) in [6.45, 7) is 2.83. The number of methoxy groups -OCH3 is 1. The van der Waals surface area contributed by atoms with E-state index in [1.165, 1.54) is 36.8 Å². The van der Waals surface area contributed by atoms with Crippen molar-refractivity contribution in [1.82, 2.24) is 4.90 Å². The Hall–Kier alpha value is -3.72. The second-order valence-corrected chi connectivity index (χ2v) is 8.61. The molecule has 9 heteroatoms. The maximum atomic E-state index is 13.6. The molecule has 2 aromatic carbocycles. The standard InChI is InChI=1S/C25H24FN3O4S/c1-3-33-25(31)29-12-11-18-21(15-29)34-24(27-14-16-7-6-8-17(26)13-16)22(18)23(30)28-19-9-4-5-10-20(19)32-2/h4-10,13-14H,3,11-12,15H2,1-2H3,(H,28,30)/b27-14+. The maximum Gasteiger partial charge on any atom is 0.410 e. The number of anilines is 1. The Balaban J connectivity index is 1.69. The number of amides is 2. The van der Waals surface area contributed by atoms with Crippen molar-refractivity contribution >= 4 is 40.2 Å². The monoisotopic (exact) mass is 481 g/mol. The number of benzene rings is 2. The van der Waals surface area contributed by atoms with Crippen LogP contribution in [-0.4, -0.2) is 43.4 Å². The molecule has 0 bridgehead atoms. The number of rotatable bonds is 6. The van der Waals surface area contributed by atoms with Crippen LogP contribution in [0.2, 0.25) is 0 Å². The number of hydrogen-bond acceptors (Lipinski definition) is 6. The van der Waals surface area contributed by atoms with Gasteiger partial charge in [-0.15, -0.1) is 11.3 Å². The van der Waals surface area contributed by atoms with Crippen LogP contribution in [0.4, 0.5) is 19.9 Å². The summed E-state index contributed by atoms with van der Waals surface area (Å²) >= 11 is 1.34. The highest BCUT2D eigenvalue weighted by molar-refractivity contribution is 7.16. The third kappa shape index (κ3) is 5.09. The average molecular weight is 482 g/mol. The first-order valence-corrected chi connectivity index (χ1v) is 11.6. The Kier molecular flexibility index (Phi) is 7.22. The summed E-state index contributed by atoms with van der Waals surface area (Å²) in [7, 11) is 1.54. The molecule has 0 unspecified atom stereocenters. The molecule has 0 fully saturated rings. The third-order valence-corrected chi connectivity index (χ3v) is 6.45. The van der Waals surface area contributed by atoms with Crippen LogP contribution in [-0.2, 0) is 17.7 Å². The fourth-order valence-corrected chi connectivity index (χ4v) is 4.94. The molecule has 1 N–H and O–H groups in total. The van der Waals surface area contributed by atoms with E-state index in [1.807, 2.05) is 6.07 Å². The minimum Gasteiger partial charge on any atom is -0.495 e. The van der Waals surface area contributed by atoms with Crippen LogP contribution in [0, 0.1) is 5.82 Å². The first-order chi connectivity index (χ1) is 16.5. The van der Waals surface area contributed by atoms with Crippen molar-refractivity contribution in [1.29, 1.82) is 0 Å². The van der Waals surface area contributed by atoms with E-state index in [4.69, 9.17) is 9.47 Å². The Labute approximate surface area is 200 Å². The predicted octanol–water partition coefficient (Wildman–Crippen LogP) is 5.41. The van der Waals surface area contributed by atoms with E-state index in [2.05, 4.69) is 10.3 Å². The lowest BCUT2D eigenvalue weighted by atomic mass is 10.0. The molecular weight excluding hydrogens is 457 g/mol. The molecule has 1 aliphatic heterocycles. The van der Waals surface area contributed by atoms with Gasteiger partial charge in [-0.3, -0.25) is 4.79 Å². The molecule has 0 aliphatic carbocycles. The van der Waals surface area contributed by atoms with Crippen molar-refractivity contribution in [2.24, 2.45) is 4.99 Å². The van der Waals surface area contributed by atoms with Gasteiger partial charge in [0.1, 0.15) is 16.6 Å². The van der Waals surface area contributed by atoms with Gasteiger partial charge in [0.2, 0.25) is 0 Å². The van der Waals surface area contributed by atoms with Crippen LogP contribution in [0.1, 0.15) is 33.3 Å². The lowest BCUT2D eigenvalue weighted by Crippen LogP contribution is -2.36. The second kappa shape index (κ2) is 10.5. The van der Waals surface area contributed by atoms with Crippen LogP contribution >= 0.6 is 11.3 Å². The van der Waals surface area contributed by atoms with Crippen LogP contribution in [0.15, 0.2) is 53.5 Å². The van der Waals surface area contributed by atoms with Crippen molar-refractivity contribution in [3.8, 4) is 5.75 Å². The minimum atomic E-state index is -0.383.